The first-order valence-electron chi connectivity index (χ1n) is 6.20. The number of carbonyl (C=O) groups is 2. The van der Waals surface area contributed by atoms with Crippen molar-refractivity contribution in [2.75, 3.05) is 11.9 Å². The summed E-state index contributed by atoms with van der Waals surface area (Å²) in [5.74, 6) is -0.224. The smallest absolute Gasteiger partial charge is 0.309 e. The zero-order chi connectivity index (χ0) is 14.0. The van der Waals surface area contributed by atoms with E-state index >= 15 is 0 Å². The topological polar surface area (TPSA) is 55.4 Å². The third kappa shape index (κ3) is 3.80. The molecule has 1 fully saturated rings. The Morgan fingerprint density at radius 2 is 2.16 bits per heavy atom. The van der Waals surface area contributed by atoms with E-state index in [2.05, 4.69) is 21.2 Å². The highest BCUT2D eigenvalue weighted by molar-refractivity contribution is 9.10. The average molecular weight is 326 g/mol. The lowest BCUT2D eigenvalue weighted by atomic mass is 10.2. The zero-order valence-electron chi connectivity index (χ0n) is 10.9. The van der Waals surface area contributed by atoms with Crippen molar-refractivity contribution >= 4 is 33.5 Å². The number of benzene rings is 1. The van der Waals surface area contributed by atoms with Gasteiger partial charge in [-0.2, -0.15) is 0 Å². The van der Waals surface area contributed by atoms with Gasteiger partial charge in [-0.25, -0.2) is 0 Å². The molecule has 0 aliphatic heterocycles. The first-order chi connectivity index (χ1) is 8.97. The third-order valence-corrected chi connectivity index (χ3v) is 3.81. The van der Waals surface area contributed by atoms with Crippen LogP contribution in [0.15, 0.2) is 22.7 Å². The van der Waals surface area contributed by atoms with E-state index in [4.69, 9.17) is 4.74 Å². The number of carbonyl (C=O) groups excluding carboxylic acids is 2. The van der Waals surface area contributed by atoms with Gasteiger partial charge in [0, 0.05) is 4.47 Å². The lowest BCUT2D eigenvalue weighted by Gasteiger charge is -2.08. The highest BCUT2D eigenvalue weighted by Gasteiger charge is 2.40. The van der Waals surface area contributed by atoms with E-state index in [0.29, 0.717) is 11.6 Å². The Morgan fingerprint density at radius 1 is 1.47 bits per heavy atom. The number of rotatable bonds is 4. The molecule has 0 spiro atoms. The molecule has 0 heterocycles. The molecular formula is C14H16BrNO3. The van der Waals surface area contributed by atoms with Gasteiger partial charge in [-0.15, -0.1) is 0 Å². The van der Waals surface area contributed by atoms with Crippen molar-refractivity contribution in [2.45, 2.75) is 20.3 Å². The Morgan fingerprint density at radius 3 is 2.74 bits per heavy atom. The summed E-state index contributed by atoms with van der Waals surface area (Å²) in [6, 6.07) is 5.62. The van der Waals surface area contributed by atoms with Gasteiger partial charge in [0.25, 0.3) is 5.91 Å². The van der Waals surface area contributed by atoms with Crippen molar-refractivity contribution in [3.8, 4) is 0 Å². The molecule has 1 N–H and O–H groups in total. The maximum atomic E-state index is 11.7. The summed E-state index contributed by atoms with van der Waals surface area (Å²) in [4.78, 5) is 23.1. The predicted octanol–water partition coefficient (Wildman–Crippen LogP) is 2.90. The lowest BCUT2D eigenvalue weighted by Crippen LogP contribution is -2.21. The number of hydrogen-bond acceptors (Lipinski definition) is 3. The fraction of sp³-hybridized carbons (Fsp3) is 0.429. The van der Waals surface area contributed by atoms with Crippen molar-refractivity contribution < 1.29 is 14.3 Å². The van der Waals surface area contributed by atoms with Crippen LogP contribution in [0.25, 0.3) is 0 Å². The molecule has 2 atom stereocenters. The molecule has 4 nitrogen and oxygen atoms in total. The first kappa shape index (κ1) is 14.1. The van der Waals surface area contributed by atoms with Gasteiger partial charge in [0.15, 0.2) is 6.61 Å². The summed E-state index contributed by atoms with van der Waals surface area (Å²) in [5.41, 5.74) is 1.77. The summed E-state index contributed by atoms with van der Waals surface area (Å²) in [6.45, 7) is 3.73. The Balaban J connectivity index is 1.82. The maximum Gasteiger partial charge on any atom is 0.309 e. The number of amides is 1. The van der Waals surface area contributed by atoms with Gasteiger partial charge >= 0.3 is 5.97 Å². The second-order valence-electron chi connectivity index (χ2n) is 4.96. The van der Waals surface area contributed by atoms with Gasteiger partial charge in [-0.05, 0) is 52.9 Å². The molecule has 102 valence electrons. The van der Waals surface area contributed by atoms with Crippen molar-refractivity contribution in [3.05, 3.63) is 28.2 Å². The maximum absolute atomic E-state index is 11.7. The summed E-state index contributed by atoms with van der Waals surface area (Å²) in [7, 11) is 0. The average Bonchev–Trinajstić information content (AvgIpc) is 3.07. The Hall–Kier alpha value is -1.36. The summed E-state index contributed by atoms with van der Waals surface area (Å²) >= 11 is 3.37. The number of ether oxygens (including phenoxy) is 1. The van der Waals surface area contributed by atoms with Crippen LogP contribution in [0, 0.1) is 18.8 Å². The number of hydrogen-bond donors (Lipinski definition) is 1. The molecular weight excluding hydrogens is 310 g/mol. The predicted molar refractivity (Wildman–Crippen MR) is 75.7 cm³/mol. The fourth-order valence-corrected chi connectivity index (χ4v) is 2.39. The summed E-state index contributed by atoms with van der Waals surface area (Å²) in [6.07, 6.45) is 0.865. The molecule has 1 aliphatic carbocycles. The third-order valence-electron chi connectivity index (χ3n) is 3.16. The van der Waals surface area contributed by atoms with Crippen LogP contribution in [0.1, 0.15) is 18.9 Å². The number of nitrogens with one attached hydrogen (secondary N) is 1. The van der Waals surface area contributed by atoms with Crippen molar-refractivity contribution in [1.29, 1.82) is 0 Å². The van der Waals surface area contributed by atoms with Gasteiger partial charge in [-0.1, -0.05) is 13.0 Å². The molecule has 1 aromatic rings. The minimum Gasteiger partial charge on any atom is -0.455 e. The molecule has 1 aromatic carbocycles. The van der Waals surface area contributed by atoms with Crippen LogP contribution in [0.5, 0.6) is 0 Å². The van der Waals surface area contributed by atoms with E-state index in [1.165, 1.54) is 0 Å². The summed E-state index contributed by atoms with van der Waals surface area (Å²) in [5, 5.41) is 2.70. The highest BCUT2D eigenvalue weighted by atomic mass is 79.9. The van der Waals surface area contributed by atoms with Crippen LogP contribution in [0.4, 0.5) is 5.69 Å². The Kier molecular flexibility index (Phi) is 4.24. The summed E-state index contributed by atoms with van der Waals surface area (Å²) < 4.78 is 5.78. The second kappa shape index (κ2) is 5.74. The Bertz CT molecular complexity index is 515. The Labute approximate surface area is 120 Å². The van der Waals surface area contributed by atoms with E-state index in [1.807, 2.05) is 32.0 Å². The SMILES string of the molecule is Cc1ccc(NC(=O)COC(=O)[C@H]2C[C@@H]2C)c(Br)c1. The van der Waals surface area contributed by atoms with Crippen molar-refractivity contribution in [3.63, 3.8) is 0 Å². The van der Waals surface area contributed by atoms with Crippen LogP contribution in [-0.2, 0) is 14.3 Å². The fourth-order valence-electron chi connectivity index (χ4n) is 1.80. The van der Waals surface area contributed by atoms with E-state index < -0.39 is 0 Å². The van der Waals surface area contributed by atoms with E-state index in [9.17, 15) is 9.59 Å². The van der Waals surface area contributed by atoms with Crippen LogP contribution >= 0.6 is 15.9 Å². The monoisotopic (exact) mass is 325 g/mol. The largest absolute Gasteiger partial charge is 0.455 e. The van der Waals surface area contributed by atoms with Crippen LogP contribution in [0.2, 0.25) is 0 Å². The number of esters is 1. The highest BCUT2D eigenvalue weighted by Crippen LogP contribution is 2.38. The minimum atomic E-state index is -0.328. The number of halogens is 1. The van der Waals surface area contributed by atoms with Gasteiger partial charge in [-0.3, -0.25) is 9.59 Å². The molecule has 1 saturated carbocycles. The van der Waals surface area contributed by atoms with Crippen molar-refractivity contribution in [2.24, 2.45) is 11.8 Å². The molecule has 0 radical (unpaired) electrons. The van der Waals surface area contributed by atoms with Crippen molar-refractivity contribution in [1.82, 2.24) is 0 Å². The standard InChI is InChI=1S/C14H16BrNO3/c1-8-3-4-12(11(15)5-8)16-13(17)7-19-14(18)10-6-9(10)2/h3-5,9-10H,6-7H2,1-2H3,(H,16,17)/t9-,10-/m0/s1. The van der Waals surface area contributed by atoms with E-state index in [-0.39, 0.29) is 24.4 Å². The molecule has 0 unspecified atom stereocenters. The first-order valence-corrected chi connectivity index (χ1v) is 6.99. The van der Waals surface area contributed by atoms with Crippen LogP contribution in [-0.4, -0.2) is 18.5 Å². The van der Waals surface area contributed by atoms with E-state index in [0.717, 1.165) is 16.5 Å². The molecule has 5 heteroatoms. The van der Waals surface area contributed by atoms with Crippen LogP contribution in [0.3, 0.4) is 0 Å². The molecule has 0 bridgehead atoms. The van der Waals surface area contributed by atoms with Gasteiger partial charge in [0.05, 0.1) is 11.6 Å². The number of anilines is 1. The van der Waals surface area contributed by atoms with Gasteiger partial charge in [0.2, 0.25) is 0 Å². The van der Waals surface area contributed by atoms with Gasteiger partial charge < -0.3 is 10.1 Å². The molecule has 0 saturated heterocycles. The molecule has 1 amide bonds. The minimum absolute atomic E-state index is 0.0149. The quantitative estimate of drug-likeness (QED) is 0.866. The molecule has 1 aliphatic rings. The molecule has 2 rings (SSSR count). The zero-order valence-corrected chi connectivity index (χ0v) is 12.5. The molecule has 19 heavy (non-hydrogen) atoms. The normalized spacial score (nSPS) is 20.8. The second-order valence-corrected chi connectivity index (χ2v) is 5.81. The van der Waals surface area contributed by atoms with E-state index in [1.54, 1.807) is 0 Å². The lowest BCUT2D eigenvalue weighted by molar-refractivity contribution is -0.148. The number of aryl methyl sites for hydroxylation is 1. The van der Waals surface area contributed by atoms with Gasteiger partial charge in [0.1, 0.15) is 0 Å². The van der Waals surface area contributed by atoms with Crippen LogP contribution < -0.4 is 5.32 Å². The molecule has 0 aromatic heterocycles.